The van der Waals surface area contributed by atoms with Crippen molar-refractivity contribution >= 4 is 23.3 Å². The molecule has 0 aromatic heterocycles. The SMILES string of the molecule is CC(=O)c1ccccc1N1C(=O)[C@@H]2[C@@H](C1=O)[C@@H]1C=C[C@@H]2C1. The van der Waals surface area contributed by atoms with Crippen LogP contribution in [0.25, 0.3) is 0 Å². The minimum Gasteiger partial charge on any atom is -0.294 e. The Morgan fingerprint density at radius 1 is 1.05 bits per heavy atom. The number of amides is 2. The van der Waals surface area contributed by atoms with Crippen LogP contribution in [0, 0.1) is 23.7 Å². The third-order valence-corrected chi connectivity index (χ3v) is 4.99. The molecule has 1 heterocycles. The standard InChI is InChI=1S/C17H15NO3/c1-9(19)12-4-2-3-5-13(12)18-16(20)14-10-6-7-11(8-10)15(14)17(18)21/h2-7,10-11,14-15H,8H2,1H3/t10-,11-,14+,15+/m1/s1. The number of hydrogen-bond donors (Lipinski definition) is 0. The average molecular weight is 281 g/mol. The third kappa shape index (κ3) is 1.53. The first kappa shape index (κ1) is 12.5. The second-order valence-electron chi connectivity index (χ2n) is 6.09. The van der Waals surface area contributed by atoms with Crippen LogP contribution in [-0.2, 0) is 9.59 Å². The molecule has 1 aromatic rings. The monoisotopic (exact) mass is 281 g/mol. The predicted octanol–water partition coefficient (Wildman–Crippen LogP) is 2.20. The zero-order valence-corrected chi connectivity index (χ0v) is 11.7. The Balaban J connectivity index is 1.80. The van der Waals surface area contributed by atoms with Crippen molar-refractivity contribution in [2.45, 2.75) is 13.3 Å². The topological polar surface area (TPSA) is 54.5 Å². The zero-order chi connectivity index (χ0) is 14.7. The summed E-state index contributed by atoms with van der Waals surface area (Å²) in [5.74, 6) is -0.507. The molecule has 3 aliphatic rings. The van der Waals surface area contributed by atoms with Gasteiger partial charge in [0.05, 0.1) is 17.5 Å². The van der Waals surface area contributed by atoms with Crippen molar-refractivity contribution in [2.75, 3.05) is 4.90 Å². The van der Waals surface area contributed by atoms with E-state index in [0.717, 1.165) is 6.42 Å². The van der Waals surface area contributed by atoms with Gasteiger partial charge < -0.3 is 0 Å². The van der Waals surface area contributed by atoms with Crippen LogP contribution in [0.15, 0.2) is 36.4 Å². The van der Waals surface area contributed by atoms with E-state index in [1.54, 1.807) is 24.3 Å². The number of para-hydroxylation sites is 1. The summed E-state index contributed by atoms with van der Waals surface area (Å²) in [5.41, 5.74) is 0.869. The van der Waals surface area contributed by atoms with Gasteiger partial charge in [-0.2, -0.15) is 0 Å². The Morgan fingerprint density at radius 3 is 2.19 bits per heavy atom. The third-order valence-electron chi connectivity index (χ3n) is 4.99. The number of benzene rings is 1. The molecule has 4 heteroatoms. The number of rotatable bonds is 2. The van der Waals surface area contributed by atoms with E-state index in [9.17, 15) is 14.4 Å². The first-order chi connectivity index (χ1) is 10.1. The summed E-state index contributed by atoms with van der Waals surface area (Å²) in [6.45, 7) is 1.45. The lowest BCUT2D eigenvalue weighted by Crippen LogP contribution is -2.34. The molecule has 0 unspecified atom stereocenters. The quantitative estimate of drug-likeness (QED) is 0.474. The van der Waals surface area contributed by atoms with Gasteiger partial charge in [0.2, 0.25) is 11.8 Å². The molecule has 1 aliphatic heterocycles. The molecule has 0 N–H and O–H groups in total. The summed E-state index contributed by atoms with van der Waals surface area (Å²) in [5, 5.41) is 0. The summed E-state index contributed by atoms with van der Waals surface area (Å²) >= 11 is 0. The Bertz CT molecular complexity index is 676. The molecular formula is C17H15NO3. The maximum atomic E-state index is 12.7. The number of fused-ring (bicyclic) bond motifs is 5. The van der Waals surface area contributed by atoms with Gasteiger partial charge in [-0.25, -0.2) is 4.90 Å². The molecule has 0 spiro atoms. The Kier molecular flexibility index (Phi) is 2.46. The van der Waals surface area contributed by atoms with Crippen LogP contribution >= 0.6 is 0 Å². The van der Waals surface area contributed by atoms with Gasteiger partial charge in [-0.1, -0.05) is 24.3 Å². The number of allylic oxidation sites excluding steroid dienone is 2. The summed E-state index contributed by atoms with van der Waals surface area (Å²) in [7, 11) is 0. The molecule has 1 saturated heterocycles. The summed E-state index contributed by atoms with van der Waals surface area (Å²) < 4.78 is 0. The lowest BCUT2D eigenvalue weighted by molar-refractivity contribution is -0.123. The fraction of sp³-hybridized carbons (Fsp3) is 0.353. The van der Waals surface area contributed by atoms with Gasteiger partial charge in [-0.3, -0.25) is 14.4 Å². The number of imide groups is 1. The second kappa shape index (κ2) is 4.13. The molecule has 21 heavy (non-hydrogen) atoms. The van der Waals surface area contributed by atoms with Crippen molar-refractivity contribution in [3.05, 3.63) is 42.0 Å². The number of ketones is 1. The van der Waals surface area contributed by atoms with E-state index in [4.69, 9.17) is 0 Å². The maximum absolute atomic E-state index is 12.7. The molecule has 4 rings (SSSR count). The van der Waals surface area contributed by atoms with Crippen LogP contribution in [-0.4, -0.2) is 17.6 Å². The second-order valence-corrected chi connectivity index (χ2v) is 6.09. The molecule has 2 aliphatic carbocycles. The first-order valence-corrected chi connectivity index (χ1v) is 7.25. The van der Waals surface area contributed by atoms with Crippen molar-refractivity contribution in [1.82, 2.24) is 0 Å². The lowest BCUT2D eigenvalue weighted by Gasteiger charge is -2.19. The molecule has 2 amide bonds. The van der Waals surface area contributed by atoms with E-state index in [1.165, 1.54) is 11.8 Å². The zero-order valence-electron chi connectivity index (χ0n) is 11.7. The van der Waals surface area contributed by atoms with Gasteiger partial charge in [0.1, 0.15) is 0 Å². The van der Waals surface area contributed by atoms with Gasteiger partial charge in [-0.15, -0.1) is 0 Å². The minimum absolute atomic E-state index is 0.135. The molecular weight excluding hydrogens is 266 g/mol. The van der Waals surface area contributed by atoms with Crippen molar-refractivity contribution in [3.8, 4) is 0 Å². The molecule has 4 atom stereocenters. The van der Waals surface area contributed by atoms with Crippen molar-refractivity contribution in [1.29, 1.82) is 0 Å². The van der Waals surface area contributed by atoms with Crippen molar-refractivity contribution in [2.24, 2.45) is 23.7 Å². The number of hydrogen-bond acceptors (Lipinski definition) is 3. The summed E-state index contributed by atoms with van der Waals surface area (Å²) in [4.78, 5) is 38.5. The Morgan fingerprint density at radius 2 is 1.62 bits per heavy atom. The largest absolute Gasteiger partial charge is 0.294 e. The fourth-order valence-electron chi connectivity index (χ4n) is 4.11. The molecule has 0 radical (unpaired) electrons. The van der Waals surface area contributed by atoms with Crippen molar-refractivity contribution in [3.63, 3.8) is 0 Å². The summed E-state index contributed by atoms with van der Waals surface area (Å²) in [6, 6.07) is 6.85. The molecule has 2 bridgehead atoms. The molecule has 1 saturated carbocycles. The van der Waals surface area contributed by atoms with Crippen molar-refractivity contribution < 1.29 is 14.4 Å². The Hall–Kier alpha value is -2.23. The molecule has 4 nitrogen and oxygen atoms in total. The van der Waals surface area contributed by atoms with Gasteiger partial charge in [0, 0.05) is 5.56 Å². The van der Waals surface area contributed by atoms with Gasteiger partial charge in [0.15, 0.2) is 5.78 Å². The normalized spacial score (nSPS) is 32.9. The number of Topliss-reactive ketones (excluding diaryl/α,β-unsaturated/α-hetero) is 1. The van der Waals surface area contributed by atoms with Gasteiger partial charge in [0.25, 0.3) is 0 Å². The average Bonchev–Trinajstić information content (AvgIpc) is 3.13. The molecule has 106 valence electrons. The molecule has 1 aromatic carbocycles. The van der Waals surface area contributed by atoms with Gasteiger partial charge >= 0.3 is 0 Å². The number of carbonyl (C=O) groups is 3. The van der Waals surface area contributed by atoms with E-state index in [-0.39, 0.29) is 41.3 Å². The van der Waals surface area contributed by atoms with Crippen LogP contribution in [0.1, 0.15) is 23.7 Å². The molecule has 2 fully saturated rings. The van der Waals surface area contributed by atoms with E-state index >= 15 is 0 Å². The maximum Gasteiger partial charge on any atom is 0.238 e. The van der Waals surface area contributed by atoms with Crippen LogP contribution in [0.3, 0.4) is 0 Å². The highest BCUT2D eigenvalue weighted by Crippen LogP contribution is 2.53. The smallest absolute Gasteiger partial charge is 0.238 e. The first-order valence-electron chi connectivity index (χ1n) is 7.25. The van der Waals surface area contributed by atoms with E-state index in [0.29, 0.717) is 11.3 Å². The van der Waals surface area contributed by atoms with E-state index in [2.05, 4.69) is 12.2 Å². The van der Waals surface area contributed by atoms with Crippen LogP contribution in [0.5, 0.6) is 0 Å². The number of anilines is 1. The number of carbonyl (C=O) groups excluding carboxylic acids is 3. The highest BCUT2D eigenvalue weighted by Gasteiger charge is 2.59. The highest BCUT2D eigenvalue weighted by atomic mass is 16.2. The Labute approximate surface area is 122 Å². The highest BCUT2D eigenvalue weighted by molar-refractivity contribution is 6.24. The lowest BCUT2D eigenvalue weighted by atomic mass is 9.85. The van der Waals surface area contributed by atoms with E-state index < -0.39 is 0 Å². The predicted molar refractivity (Wildman–Crippen MR) is 76.7 cm³/mol. The minimum atomic E-state index is -0.229. The van der Waals surface area contributed by atoms with Crippen LogP contribution in [0.4, 0.5) is 5.69 Å². The summed E-state index contributed by atoms with van der Waals surface area (Å²) in [6.07, 6.45) is 5.05. The van der Waals surface area contributed by atoms with Crippen LogP contribution in [0.2, 0.25) is 0 Å². The number of nitrogens with zero attached hydrogens (tertiary/aromatic N) is 1. The fourth-order valence-corrected chi connectivity index (χ4v) is 4.11. The van der Waals surface area contributed by atoms with Gasteiger partial charge in [-0.05, 0) is 37.3 Å². The van der Waals surface area contributed by atoms with E-state index in [1.807, 2.05) is 0 Å². The van der Waals surface area contributed by atoms with Crippen LogP contribution < -0.4 is 4.90 Å².